The minimum atomic E-state index is -0.434. The highest BCUT2D eigenvalue weighted by molar-refractivity contribution is 6.25. The summed E-state index contributed by atoms with van der Waals surface area (Å²) in [5, 5.41) is 6.24. The second kappa shape index (κ2) is 9.94. The fourth-order valence-corrected chi connectivity index (χ4v) is 8.57. The standard InChI is InChI=1S/C49H32O/c1-49(2)43-21-10-9-14-34(43)41-28-46-42(27-44(41)49)35-25-23-30(26-45(35)50-46)47-37-15-5-7-17-39(37)48(40-18-8-6-16-38(40)47)36-20-11-19-32-31-13-4-3-12-29(31)22-24-33(32)36/h3-28H,1-2H3/i5D,6D,7D,8D,15D,16D,17D,18D. The summed E-state index contributed by atoms with van der Waals surface area (Å²) in [5.41, 5.74) is 7.52. The van der Waals surface area contributed by atoms with Gasteiger partial charge >= 0.3 is 0 Å². The molecule has 10 aromatic rings. The Labute approximate surface area is 301 Å². The van der Waals surface area contributed by atoms with Crippen molar-refractivity contribution in [2.45, 2.75) is 19.3 Å². The molecule has 50 heavy (non-hydrogen) atoms. The van der Waals surface area contributed by atoms with Gasteiger partial charge in [-0.15, -0.1) is 0 Å². The summed E-state index contributed by atoms with van der Waals surface area (Å²) in [6, 6.07) is 33.2. The van der Waals surface area contributed by atoms with E-state index in [4.69, 9.17) is 9.90 Å². The molecule has 0 radical (unpaired) electrons. The second-order valence-electron chi connectivity index (χ2n) is 13.8. The largest absolute Gasteiger partial charge is 0.456 e. The molecule has 1 nitrogen and oxygen atoms in total. The molecule has 0 unspecified atom stereocenters. The number of hydrogen-bond acceptors (Lipinski definition) is 1. The van der Waals surface area contributed by atoms with Crippen LogP contribution < -0.4 is 0 Å². The van der Waals surface area contributed by atoms with Crippen molar-refractivity contribution in [1.29, 1.82) is 0 Å². The first-order chi connectivity index (χ1) is 27.9. The molecule has 0 spiro atoms. The van der Waals surface area contributed by atoms with Gasteiger partial charge in [-0.2, -0.15) is 0 Å². The minimum Gasteiger partial charge on any atom is -0.456 e. The molecule has 1 aromatic heterocycles. The van der Waals surface area contributed by atoms with E-state index in [1.165, 1.54) is 16.7 Å². The Bertz CT molecular complexity index is 3450. The fraction of sp³-hybridized carbons (Fsp3) is 0.0612. The zero-order valence-corrected chi connectivity index (χ0v) is 27.3. The van der Waals surface area contributed by atoms with Gasteiger partial charge in [0.05, 0.1) is 11.0 Å². The monoisotopic (exact) mass is 644 g/mol. The summed E-state index contributed by atoms with van der Waals surface area (Å²) < 4.78 is 80.0. The Kier molecular flexibility index (Phi) is 4.18. The summed E-state index contributed by atoms with van der Waals surface area (Å²) >= 11 is 0. The van der Waals surface area contributed by atoms with Crippen molar-refractivity contribution in [3.63, 3.8) is 0 Å². The van der Waals surface area contributed by atoms with Gasteiger partial charge in [-0.3, -0.25) is 0 Å². The van der Waals surface area contributed by atoms with Gasteiger partial charge in [0, 0.05) is 16.2 Å². The van der Waals surface area contributed by atoms with Crippen molar-refractivity contribution in [3.05, 3.63) is 169 Å². The maximum Gasteiger partial charge on any atom is 0.136 e. The summed E-state index contributed by atoms with van der Waals surface area (Å²) in [6.45, 7) is 4.46. The lowest BCUT2D eigenvalue weighted by atomic mass is 9.82. The third-order valence-corrected chi connectivity index (χ3v) is 10.9. The first kappa shape index (κ1) is 21.0. The van der Waals surface area contributed by atoms with E-state index >= 15 is 0 Å². The van der Waals surface area contributed by atoms with Gasteiger partial charge in [-0.1, -0.05) is 147 Å². The quantitative estimate of drug-likeness (QED) is 0.135. The average Bonchev–Trinajstić information content (AvgIpc) is 3.71. The van der Waals surface area contributed by atoms with Crippen LogP contribution in [-0.4, -0.2) is 0 Å². The van der Waals surface area contributed by atoms with Crippen LogP contribution in [0.2, 0.25) is 0 Å². The molecule has 0 N–H and O–H groups in total. The molecule has 1 aliphatic rings. The van der Waals surface area contributed by atoms with Crippen molar-refractivity contribution in [3.8, 4) is 33.4 Å². The lowest BCUT2D eigenvalue weighted by Crippen LogP contribution is -2.14. The number of rotatable bonds is 2. The van der Waals surface area contributed by atoms with Gasteiger partial charge in [0.2, 0.25) is 0 Å². The minimum absolute atomic E-state index is 0.170. The van der Waals surface area contributed by atoms with E-state index in [1.807, 2.05) is 78.9 Å². The first-order valence-corrected chi connectivity index (χ1v) is 16.9. The van der Waals surface area contributed by atoms with Crippen molar-refractivity contribution in [2.24, 2.45) is 0 Å². The van der Waals surface area contributed by atoms with Gasteiger partial charge in [0.15, 0.2) is 0 Å². The van der Waals surface area contributed by atoms with Crippen LogP contribution in [0.1, 0.15) is 35.9 Å². The molecule has 0 amide bonds. The maximum atomic E-state index is 9.46. The average molecular weight is 645 g/mol. The lowest BCUT2D eigenvalue weighted by molar-refractivity contribution is 0.658. The van der Waals surface area contributed by atoms with Crippen LogP contribution in [0, 0.1) is 0 Å². The molecular formula is C49H32O. The highest BCUT2D eigenvalue weighted by Gasteiger charge is 2.36. The summed E-state index contributed by atoms with van der Waals surface area (Å²) in [6.07, 6.45) is 0. The van der Waals surface area contributed by atoms with Crippen molar-refractivity contribution in [2.75, 3.05) is 0 Å². The number of fused-ring (bicyclic) bond motifs is 11. The van der Waals surface area contributed by atoms with Gasteiger partial charge < -0.3 is 4.42 Å². The van der Waals surface area contributed by atoms with Gasteiger partial charge in [-0.05, 0) is 112 Å². The van der Waals surface area contributed by atoms with Gasteiger partial charge in [0.1, 0.15) is 11.2 Å². The molecule has 1 heteroatoms. The molecule has 1 aliphatic carbocycles. The van der Waals surface area contributed by atoms with Crippen LogP contribution in [-0.2, 0) is 5.41 Å². The van der Waals surface area contributed by atoms with Gasteiger partial charge in [-0.25, -0.2) is 0 Å². The van der Waals surface area contributed by atoms with Crippen molar-refractivity contribution >= 4 is 65.0 Å². The summed E-state index contributed by atoms with van der Waals surface area (Å²) in [5.74, 6) is 0. The molecule has 0 fully saturated rings. The highest BCUT2D eigenvalue weighted by Crippen LogP contribution is 2.51. The number of benzene rings is 9. The smallest absolute Gasteiger partial charge is 0.136 e. The fourth-order valence-electron chi connectivity index (χ4n) is 8.57. The van der Waals surface area contributed by atoms with Crippen LogP contribution >= 0.6 is 0 Å². The van der Waals surface area contributed by atoms with Crippen LogP contribution in [0.15, 0.2) is 162 Å². The van der Waals surface area contributed by atoms with E-state index < -0.39 is 24.2 Å². The topological polar surface area (TPSA) is 13.1 Å². The van der Waals surface area contributed by atoms with Crippen molar-refractivity contribution < 1.29 is 15.4 Å². The van der Waals surface area contributed by atoms with Crippen LogP contribution in [0.4, 0.5) is 0 Å². The predicted octanol–water partition coefficient (Wildman–Crippen LogP) is 13.8. The molecule has 0 aliphatic heterocycles. The Balaban J connectivity index is 1.29. The zero-order valence-electron chi connectivity index (χ0n) is 35.3. The van der Waals surface area contributed by atoms with E-state index in [9.17, 15) is 5.48 Å². The van der Waals surface area contributed by atoms with E-state index in [1.54, 1.807) is 0 Å². The Morgan fingerprint density at radius 3 is 1.88 bits per heavy atom. The van der Waals surface area contributed by atoms with Gasteiger partial charge in [0.25, 0.3) is 0 Å². The number of furan rings is 1. The molecule has 0 saturated heterocycles. The van der Waals surface area contributed by atoms with Crippen LogP contribution in [0.3, 0.4) is 0 Å². The molecule has 234 valence electrons. The predicted molar refractivity (Wildman–Crippen MR) is 212 cm³/mol. The highest BCUT2D eigenvalue weighted by atomic mass is 16.3. The Hall–Kier alpha value is -6.18. The molecule has 0 saturated carbocycles. The number of hydrogen-bond donors (Lipinski definition) is 0. The molecule has 0 bridgehead atoms. The van der Waals surface area contributed by atoms with Crippen LogP contribution in [0.5, 0.6) is 0 Å². The third kappa shape index (κ3) is 3.67. The first-order valence-electron chi connectivity index (χ1n) is 20.9. The molecular weight excluding hydrogens is 605 g/mol. The van der Waals surface area contributed by atoms with Crippen LogP contribution in [0.25, 0.3) is 98.4 Å². The maximum absolute atomic E-state index is 9.46. The zero-order chi connectivity index (χ0) is 40.1. The Morgan fingerprint density at radius 2 is 1.08 bits per heavy atom. The molecule has 0 atom stereocenters. The molecule has 1 heterocycles. The molecule has 9 aromatic carbocycles. The van der Waals surface area contributed by atoms with E-state index in [0.717, 1.165) is 37.9 Å². The summed E-state index contributed by atoms with van der Waals surface area (Å²) in [7, 11) is 0. The summed E-state index contributed by atoms with van der Waals surface area (Å²) in [4.78, 5) is 0. The lowest BCUT2D eigenvalue weighted by Gasteiger charge is -2.21. The molecule has 11 rings (SSSR count). The SMILES string of the molecule is [2H]c1c([2H])c([2H])c2c(-c3cccc4c3ccc3ccccc34)c3c([2H])c([2H])c([2H])c([2H])c3c(-c3ccc4c(c3)oc3cc5c(cc34)C(C)(C)c3ccccc3-5)c2c1[2H]. The van der Waals surface area contributed by atoms with E-state index in [2.05, 4.69) is 44.2 Å². The normalized spacial score (nSPS) is 15.8. The van der Waals surface area contributed by atoms with E-state index in [-0.39, 0.29) is 51.1 Å². The van der Waals surface area contributed by atoms with E-state index in [0.29, 0.717) is 33.4 Å². The Morgan fingerprint density at radius 1 is 0.440 bits per heavy atom. The third-order valence-electron chi connectivity index (χ3n) is 10.9. The second-order valence-corrected chi connectivity index (χ2v) is 13.8. The van der Waals surface area contributed by atoms with Crippen molar-refractivity contribution in [1.82, 2.24) is 0 Å².